The molecule has 2 aromatic carbocycles. The number of carbonyl (C=O) groups excluding carboxylic acids is 1. The highest BCUT2D eigenvalue weighted by Crippen LogP contribution is 2.24. The molecule has 118 valence electrons. The van der Waals surface area contributed by atoms with Crippen molar-refractivity contribution in [3.63, 3.8) is 0 Å². The lowest BCUT2D eigenvalue weighted by molar-refractivity contribution is 0.104. The number of benzene rings is 2. The van der Waals surface area contributed by atoms with E-state index in [1.54, 1.807) is 42.3 Å². The molecule has 3 nitrogen and oxygen atoms in total. The second kappa shape index (κ2) is 7.44. The van der Waals surface area contributed by atoms with Crippen LogP contribution < -0.4 is 4.90 Å². The molecule has 0 saturated carbocycles. The first kappa shape index (κ1) is 17.2. The van der Waals surface area contributed by atoms with E-state index in [0.29, 0.717) is 21.1 Å². The van der Waals surface area contributed by atoms with Crippen molar-refractivity contribution in [2.45, 2.75) is 6.92 Å². The number of rotatable bonds is 4. The van der Waals surface area contributed by atoms with Crippen LogP contribution >= 0.6 is 24.8 Å². The third kappa shape index (κ3) is 4.21. The first-order valence-electron chi connectivity index (χ1n) is 6.98. The molecule has 0 aliphatic heterocycles. The number of anilines is 1. The van der Waals surface area contributed by atoms with E-state index in [-0.39, 0.29) is 11.5 Å². The Bertz CT molecular complexity index is 770. The van der Waals surface area contributed by atoms with Crippen molar-refractivity contribution >= 4 is 46.4 Å². The number of hydrogen-bond acceptors (Lipinski definition) is 3. The number of ketones is 1. The SMILES string of the molecule is Cc1ccc(N(C)C(=S)S)c(C(=O)/C=C(\O)c2ccccc2)c1. The number of aryl methyl sites for hydroxylation is 1. The minimum Gasteiger partial charge on any atom is -0.507 e. The quantitative estimate of drug-likeness (QED) is 0.283. The molecule has 2 aromatic rings. The van der Waals surface area contributed by atoms with Crippen molar-refractivity contribution in [3.8, 4) is 0 Å². The van der Waals surface area contributed by atoms with E-state index in [0.717, 1.165) is 5.56 Å². The zero-order valence-corrected chi connectivity index (χ0v) is 14.6. The first-order chi connectivity index (χ1) is 10.9. The van der Waals surface area contributed by atoms with Crippen LogP contribution in [0.25, 0.3) is 5.76 Å². The van der Waals surface area contributed by atoms with Crippen molar-refractivity contribution in [2.75, 3.05) is 11.9 Å². The van der Waals surface area contributed by atoms with E-state index in [4.69, 9.17) is 12.2 Å². The van der Waals surface area contributed by atoms with Crippen molar-refractivity contribution in [3.05, 3.63) is 71.3 Å². The number of aliphatic hydroxyl groups is 1. The van der Waals surface area contributed by atoms with Gasteiger partial charge < -0.3 is 10.0 Å². The van der Waals surface area contributed by atoms with Gasteiger partial charge in [-0.25, -0.2) is 0 Å². The number of nitrogens with zero attached hydrogens (tertiary/aromatic N) is 1. The topological polar surface area (TPSA) is 40.5 Å². The maximum atomic E-state index is 12.6. The zero-order valence-electron chi connectivity index (χ0n) is 12.9. The highest BCUT2D eigenvalue weighted by Gasteiger charge is 2.15. The first-order valence-corrected chi connectivity index (χ1v) is 7.83. The Morgan fingerprint density at radius 1 is 1.22 bits per heavy atom. The smallest absolute Gasteiger partial charge is 0.191 e. The predicted molar refractivity (Wildman–Crippen MR) is 103 cm³/mol. The summed E-state index contributed by atoms with van der Waals surface area (Å²) in [5.74, 6) is -0.361. The van der Waals surface area contributed by atoms with Crippen LogP contribution in [0.1, 0.15) is 21.5 Å². The number of hydrogen-bond donors (Lipinski definition) is 2. The van der Waals surface area contributed by atoms with Crippen LogP contribution in [0.5, 0.6) is 0 Å². The molecule has 0 aliphatic carbocycles. The molecule has 0 atom stereocenters. The van der Waals surface area contributed by atoms with Crippen LogP contribution in [0.3, 0.4) is 0 Å². The van der Waals surface area contributed by atoms with Gasteiger partial charge in [0.05, 0.1) is 5.69 Å². The van der Waals surface area contributed by atoms with E-state index in [2.05, 4.69) is 12.6 Å². The minimum atomic E-state index is -0.290. The fourth-order valence-electron chi connectivity index (χ4n) is 2.14. The summed E-state index contributed by atoms with van der Waals surface area (Å²) in [6, 6.07) is 14.4. The monoisotopic (exact) mass is 343 g/mol. The van der Waals surface area contributed by atoms with Gasteiger partial charge in [0.1, 0.15) is 10.1 Å². The Morgan fingerprint density at radius 2 is 1.87 bits per heavy atom. The number of thiol groups is 1. The lowest BCUT2D eigenvalue weighted by Gasteiger charge is -2.20. The zero-order chi connectivity index (χ0) is 17.0. The van der Waals surface area contributed by atoms with E-state index in [9.17, 15) is 9.90 Å². The van der Waals surface area contributed by atoms with Crippen LogP contribution in [0.2, 0.25) is 0 Å². The molecule has 0 radical (unpaired) electrons. The summed E-state index contributed by atoms with van der Waals surface area (Å²) in [7, 11) is 1.75. The Balaban J connectivity index is 2.43. The normalized spacial score (nSPS) is 11.2. The maximum Gasteiger partial charge on any atom is 0.191 e. The Labute approximate surface area is 146 Å². The molecule has 2 rings (SSSR count). The van der Waals surface area contributed by atoms with Gasteiger partial charge in [-0.3, -0.25) is 4.79 Å². The van der Waals surface area contributed by atoms with Crippen LogP contribution in [0.4, 0.5) is 5.69 Å². The molecule has 0 saturated heterocycles. The van der Waals surface area contributed by atoms with Crippen molar-refractivity contribution < 1.29 is 9.90 Å². The van der Waals surface area contributed by atoms with Crippen molar-refractivity contribution in [1.29, 1.82) is 0 Å². The van der Waals surface area contributed by atoms with Gasteiger partial charge >= 0.3 is 0 Å². The van der Waals surface area contributed by atoms with E-state index >= 15 is 0 Å². The molecule has 0 fully saturated rings. The molecule has 5 heteroatoms. The third-order valence-electron chi connectivity index (χ3n) is 3.40. The summed E-state index contributed by atoms with van der Waals surface area (Å²) < 4.78 is 0.360. The Kier molecular flexibility index (Phi) is 5.58. The number of allylic oxidation sites excluding steroid dienone is 1. The average Bonchev–Trinajstić information content (AvgIpc) is 2.54. The summed E-state index contributed by atoms with van der Waals surface area (Å²) in [6.45, 7) is 1.90. The van der Waals surface area contributed by atoms with E-state index in [1.807, 2.05) is 25.1 Å². The largest absolute Gasteiger partial charge is 0.507 e. The molecule has 23 heavy (non-hydrogen) atoms. The lowest BCUT2D eigenvalue weighted by Crippen LogP contribution is -2.22. The van der Waals surface area contributed by atoms with Gasteiger partial charge in [-0.1, -0.05) is 54.2 Å². The van der Waals surface area contributed by atoms with Gasteiger partial charge in [0.2, 0.25) is 0 Å². The average molecular weight is 343 g/mol. The molecule has 0 heterocycles. The van der Waals surface area contributed by atoms with Gasteiger partial charge in [0.15, 0.2) is 5.78 Å². The Morgan fingerprint density at radius 3 is 2.48 bits per heavy atom. The molecule has 0 amide bonds. The van der Waals surface area contributed by atoms with Gasteiger partial charge in [-0.05, 0) is 19.1 Å². The number of thiocarbonyl (C=S) groups is 1. The third-order valence-corrected chi connectivity index (χ3v) is 3.98. The van der Waals surface area contributed by atoms with E-state index < -0.39 is 0 Å². The van der Waals surface area contributed by atoms with Gasteiger partial charge in [-0.2, -0.15) is 0 Å². The summed E-state index contributed by atoms with van der Waals surface area (Å²) in [6.07, 6.45) is 1.23. The molecule has 0 bridgehead atoms. The number of aliphatic hydroxyl groups excluding tert-OH is 1. The fraction of sp³-hybridized carbons (Fsp3) is 0.111. The highest BCUT2D eigenvalue weighted by atomic mass is 32.1. The molecule has 0 aromatic heterocycles. The maximum absolute atomic E-state index is 12.6. The van der Waals surface area contributed by atoms with Gasteiger partial charge in [-0.15, -0.1) is 12.6 Å². The van der Waals surface area contributed by atoms with Gasteiger partial charge in [0, 0.05) is 24.3 Å². The van der Waals surface area contributed by atoms with Gasteiger partial charge in [0.25, 0.3) is 0 Å². The fourth-order valence-corrected chi connectivity index (χ4v) is 2.34. The molecular formula is C18H17NO2S2. The summed E-state index contributed by atoms with van der Waals surface area (Å²) in [4.78, 5) is 14.2. The number of carbonyl (C=O) groups is 1. The minimum absolute atomic E-state index is 0.0702. The van der Waals surface area contributed by atoms with Crippen LogP contribution in [-0.2, 0) is 0 Å². The molecule has 0 unspecified atom stereocenters. The Hall–Kier alpha value is -2.11. The van der Waals surface area contributed by atoms with Crippen LogP contribution in [0.15, 0.2) is 54.6 Å². The second-order valence-corrected chi connectivity index (χ2v) is 6.23. The predicted octanol–water partition coefficient (Wildman–Crippen LogP) is 4.43. The molecular weight excluding hydrogens is 326 g/mol. The summed E-state index contributed by atoms with van der Waals surface area (Å²) in [5.41, 5.74) is 2.65. The second-order valence-electron chi connectivity index (χ2n) is 5.12. The van der Waals surface area contributed by atoms with E-state index in [1.165, 1.54) is 6.08 Å². The molecule has 0 aliphatic rings. The molecule has 1 N–H and O–H groups in total. The molecule has 0 spiro atoms. The summed E-state index contributed by atoms with van der Waals surface area (Å²) >= 11 is 9.21. The lowest BCUT2D eigenvalue weighted by atomic mass is 10.0. The van der Waals surface area contributed by atoms with Crippen LogP contribution in [-0.4, -0.2) is 22.3 Å². The van der Waals surface area contributed by atoms with Crippen LogP contribution in [0, 0.1) is 6.92 Å². The highest BCUT2D eigenvalue weighted by molar-refractivity contribution is 8.11. The van der Waals surface area contributed by atoms with Crippen molar-refractivity contribution in [1.82, 2.24) is 0 Å². The summed E-state index contributed by atoms with van der Waals surface area (Å²) in [5, 5.41) is 10.1. The standard InChI is InChI=1S/C18H17NO2S2/c1-12-8-9-15(19(2)18(22)23)14(10-12)17(21)11-16(20)13-6-4-3-5-7-13/h3-11,20H,1-2H3,(H,22,23)/b16-11-. The van der Waals surface area contributed by atoms with Crippen molar-refractivity contribution in [2.24, 2.45) is 0 Å².